The zero-order valence-corrected chi connectivity index (χ0v) is 16.9. The highest BCUT2D eigenvalue weighted by Gasteiger charge is 2.47. The number of benzene rings is 3. The van der Waals surface area contributed by atoms with E-state index >= 15 is 0 Å². The van der Waals surface area contributed by atoms with Crippen LogP contribution in [0.4, 0.5) is 15.8 Å². The molecule has 0 aromatic heterocycles. The van der Waals surface area contributed by atoms with Crippen molar-refractivity contribution >= 4 is 28.8 Å². The molecule has 1 N–H and O–H groups in total. The van der Waals surface area contributed by atoms with Gasteiger partial charge in [0.05, 0.1) is 16.5 Å². The molecule has 1 aliphatic rings. The fourth-order valence-corrected chi connectivity index (χ4v) is 3.79. The molecule has 7 nitrogen and oxygen atoms in total. The SMILES string of the molecule is Cc1cccc(N2C(=O)C(=O)/C(=C(/O)c3cccc([N+](=O)[O-])c3)C2c2ccccc2F)c1. The lowest BCUT2D eigenvalue weighted by molar-refractivity contribution is -0.384. The Kier molecular flexibility index (Phi) is 5.28. The summed E-state index contributed by atoms with van der Waals surface area (Å²) in [7, 11) is 0. The van der Waals surface area contributed by atoms with E-state index in [9.17, 15) is 29.2 Å². The van der Waals surface area contributed by atoms with Gasteiger partial charge in [-0.3, -0.25) is 24.6 Å². The average molecular weight is 432 g/mol. The van der Waals surface area contributed by atoms with Crippen LogP contribution in [0.2, 0.25) is 0 Å². The van der Waals surface area contributed by atoms with Gasteiger partial charge in [0.2, 0.25) is 0 Å². The number of aliphatic hydroxyl groups excluding tert-OH is 1. The molecule has 1 saturated heterocycles. The number of non-ortho nitro benzene ring substituents is 1. The van der Waals surface area contributed by atoms with E-state index in [0.717, 1.165) is 16.5 Å². The summed E-state index contributed by atoms with van der Waals surface area (Å²) in [6.45, 7) is 1.81. The highest BCUT2D eigenvalue weighted by atomic mass is 19.1. The van der Waals surface area contributed by atoms with Gasteiger partial charge in [0.15, 0.2) is 0 Å². The largest absolute Gasteiger partial charge is 0.507 e. The summed E-state index contributed by atoms with van der Waals surface area (Å²) in [6.07, 6.45) is 0. The molecule has 1 aliphatic heterocycles. The van der Waals surface area contributed by atoms with Crippen LogP contribution >= 0.6 is 0 Å². The molecule has 0 spiro atoms. The van der Waals surface area contributed by atoms with Crippen LogP contribution in [-0.4, -0.2) is 21.7 Å². The summed E-state index contributed by atoms with van der Waals surface area (Å²) in [6, 6.07) is 16.2. The third-order valence-electron chi connectivity index (χ3n) is 5.25. The Morgan fingerprint density at radius 2 is 1.75 bits per heavy atom. The first-order valence-corrected chi connectivity index (χ1v) is 9.66. The minimum atomic E-state index is -1.25. The van der Waals surface area contributed by atoms with E-state index < -0.39 is 34.2 Å². The van der Waals surface area contributed by atoms with Gasteiger partial charge in [0.1, 0.15) is 11.6 Å². The summed E-state index contributed by atoms with van der Waals surface area (Å²) in [4.78, 5) is 37.7. The number of nitro groups is 1. The molecule has 0 bridgehead atoms. The van der Waals surface area contributed by atoms with Gasteiger partial charge in [0.25, 0.3) is 17.4 Å². The number of anilines is 1. The second kappa shape index (κ2) is 8.07. The number of hydrogen-bond donors (Lipinski definition) is 1. The van der Waals surface area contributed by atoms with Crippen LogP contribution in [0.1, 0.15) is 22.7 Å². The number of ketones is 1. The Labute approximate surface area is 182 Å². The third kappa shape index (κ3) is 3.51. The number of hydrogen-bond acceptors (Lipinski definition) is 5. The number of halogens is 1. The molecule has 8 heteroatoms. The van der Waals surface area contributed by atoms with Crippen molar-refractivity contribution in [2.45, 2.75) is 13.0 Å². The van der Waals surface area contributed by atoms with Gasteiger partial charge < -0.3 is 5.11 Å². The minimum absolute atomic E-state index is 0.0141. The predicted octanol–water partition coefficient (Wildman–Crippen LogP) is 4.67. The Hall–Kier alpha value is -4.33. The first-order chi connectivity index (χ1) is 15.3. The lowest BCUT2D eigenvalue weighted by Gasteiger charge is -2.26. The first kappa shape index (κ1) is 20.9. The highest BCUT2D eigenvalue weighted by Crippen LogP contribution is 2.43. The highest BCUT2D eigenvalue weighted by molar-refractivity contribution is 6.51. The summed E-state index contributed by atoms with van der Waals surface area (Å²) < 4.78 is 14.8. The summed E-state index contributed by atoms with van der Waals surface area (Å²) >= 11 is 0. The smallest absolute Gasteiger partial charge is 0.300 e. The van der Waals surface area contributed by atoms with Crippen molar-refractivity contribution in [1.82, 2.24) is 0 Å². The number of Topliss-reactive ketones (excluding diaryl/α,β-unsaturated/α-hetero) is 1. The third-order valence-corrected chi connectivity index (χ3v) is 5.25. The number of nitrogens with zero attached hydrogens (tertiary/aromatic N) is 2. The van der Waals surface area contributed by atoms with Crippen LogP contribution in [0.25, 0.3) is 5.76 Å². The summed E-state index contributed by atoms with van der Waals surface area (Å²) in [5.74, 6) is -3.22. The summed E-state index contributed by atoms with van der Waals surface area (Å²) in [5.41, 5.74) is 0.517. The molecule has 0 saturated carbocycles. The Balaban J connectivity index is 1.98. The molecule has 1 atom stereocenters. The van der Waals surface area contributed by atoms with Gasteiger partial charge >= 0.3 is 0 Å². The molecule has 1 heterocycles. The topological polar surface area (TPSA) is 101 Å². The van der Waals surface area contributed by atoms with Crippen molar-refractivity contribution in [2.24, 2.45) is 0 Å². The lowest BCUT2D eigenvalue weighted by atomic mass is 9.94. The minimum Gasteiger partial charge on any atom is -0.507 e. The maximum Gasteiger partial charge on any atom is 0.300 e. The molecule has 0 aliphatic carbocycles. The second-order valence-electron chi connectivity index (χ2n) is 7.34. The normalized spacial score (nSPS) is 17.6. The van der Waals surface area contributed by atoms with E-state index in [4.69, 9.17) is 0 Å². The summed E-state index contributed by atoms with van der Waals surface area (Å²) in [5, 5.41) is 22.1. The van der Waals surface area contributed by atoms with Gasteiger partial charge in [-0.2, -0.15) is 0 Å². The van der Waals surface area contributed by atoms with Gasteiger partial charge in [-0.15, -0.1) is 0 Å². The quantitative estimate of drug-likeness (QED) is 0.212. The second-order valence-corrected chi connectivity index (χ2v) is 7.34. The molecule has 160 valence electrons. The Bertz CT molecular complexity index is 1300. The fourth-order valence-electron chi connectivity index (χ4n) is 3.79. The van der Waals surface area contributed by atoms with Crippen molar-refractivity contribution in [3.05, 3.63) is 111 Å². The zero-order valence-electron chi connectivity index (χ0n) is 16.9. The van der Waals surface area contributed by atoms with E-state index in [-0.39, 0.29) is 22.4 Å². The van der Waals surface area contributed by atoms with Gasteiger partial charge in [-0.1, -0.05) is 42.5 Å². The maximum absolute atomic E-state index is 14.8. The monoisotopic (exact) mass is 432 g/mol. The number of aryl methyl sites for hydroxylation is 1. The number of carbonyl (C=O) groups is 2. The van der Waals surface area contributed by atoms with Crippen LogP contribution in [0.5, 0.6) is 0 Å². The molecule has 1 amide bonds. The average Bonchev–Trinajstić information content (AvgIpc) is 3.04. The van der Waals surface area contributed by atoms with E-state index in [0.29, 0.717) is 5.69 Å². The first-order valence-electron chi connectivity index (χ1n) is 9.66. The maximum atomic E-state index is 14.8. The van der Waals surface area contributed by atoms with Gasteiger partial charge in [0, 0.05) is 28.9 Å². The van der Waals surface area contributed by atoms with Crippen molar-refractivity contribution < 1.29 is 24.0 Å². The van der Waals surface area contributed by atoms with E-state index in [1.807, 2.05) is 0 Å². The van der Waals surface area contributed by atoms with E-state index in [2.05, 4.69) is 0 Å². The standard InChI is InChI=1S/C24H17FN2O5/c1-14-6-4-8-16(12-14)26-21(18-10-2-3-11-19(18)25)20(23(29)24(26)30)22(28)15-7-5-9-17(13-15)27(31)32/h2-13,21,28H,1H3/b22-20+. The molecular weight excluding hydrogens is 415 g/mol. The van der Waals surface area contributed by atoms with Crippen LogP contribution in [0.15, 0.2) is 78.4 Å². The van der Waals surface area contributed by atoms with Crippen molar-refractivity contribution in [2.75, 3.05) is 4.90 Å². The fraction of sp³-hybridized carbons (Fsp3) is 0.0833. The molecule has 32 heavy (non-hydrogen) atoms. The number of amides is 1. The molecule has 4 rings (SSSR count). The molecule has 3 aromatic rings. The molecule has 1 fully saturated rings. The van der Waals surface area contributed by atoms with Crippen molar-refractivity contribution in [1.29, 1.82) is 0 Å². The van der Waals surface area contributed by atoms with E-state index in [1.54, 1.807) is 37.3 Å². The predicted molar refractivity (Wildman–Crippen MR) is 115 cm³/mol. The van der Waals surface area contributed by atoms with Crippen LogP contribution in [0, 0.1) is 22.9 Å². The van der Waals surface area contributed by atoms with Crippen LogP contribution < -0.4 is 4.90 Å². The van der Waals surface area contributed by atoms with Crippen molar-refractivity contribution in [3.8, 4) is 0 Å². The zero-order chi connectivity index (χ0) is 23.0. The molecule has 3 aromatic carbocycles. The van der Waals surface area contributed by atoms with Crippen LogP contribution in [0.3, 0.4) is 0 Å². The van der Waals surface area contributed by atoms with Gasteiger partial charge in [-0.25, -0.2) is 4.39 Å². The van der Waals surface area contributed by atoms with Gasteiger partial charge in [-0.05, 0) is 30.7 Å². The Morgan fingerprint density at radius 3 is 2.44 bits per heavy atom. The van der Waals surface area contributed by atoms with Crippen molar-refractivity contribution in [3.63, 3.8) is 0 Å². The lowest BCUT2D eigenvalue weighted by Crippen LogP contribution is -2.29. The number of nitro benzene ring substituents is 1. The number of carbonyl (C=O) groups excluding carboxylic acids is 2. The molecular formula is C24H17FN2O5. The number of aliphatic hydroxyl groups is 1. The van der Waals surface area contributed by atoms with E-state index in [1.165, 1.54) is 36.4 Å². The number of rotatable bonds is 4. The van der Waals surface area contributed by atoms with Crippen LogP contribution in [-0.2, 0) is 9.59 Å². The molecule has 1 unspecified atom stereocenters. The molecule has 0 radical (unpaired) electrons. The Morgan fingerprint density at radius 1 is 1.03 bits per heavy atom.